The molecule has 9 heteroatoms. The summed E-state index contributed by atoms with van der Waals surface area (Å²) in [6, 6.07) is 3.79. The molecule has 0 saturated heterocycles. The van der Waals surface area contributed by atoms with Gasteiger partial charge in [-0.05, 0) is 18.4 Å². The first kappa shape index (κ1) is 13.9. The highest BCUT2D eigenvalue weighted by Gasteiger charge is 2.10. The quantitative estimate of drug-likeness (QED) is 0.511. The van der Waals surface area contributed by atoms with Gasteiger partial charge in [-0.3, -0.25) is 19.6 Å². The van der Waals surface area contributed by atoms with Crippen LogP contribution >= 0.6 is 11.3 Å². The molecular formula is C11H11N5O3S. The fourth-order valence-electron chi connectivity index (χ4n) is 1.40. The second-order valence-corrected chi connectivity index (χ2v) is 4.81. The van der Waals surface area contributed by atoms with Gasteiger partial charge in [0.2, 0.25) is 0 Å². The lowest BCUT2D eigenvalue weighted by atomic mass is 10.3. The molecule has 2 aromatic rings. The molecule has 0 atom stereocenters. The summed E-state index contributed by atoms with van der Waals surface area (Å²) in [5.41, 5.74) is 2.92. The van der Waals surface area contributed by atoms with E-state index in [-0.39, 0.29) is 12.2 Å². The number of hydrogen-bond donors (Lipinski definition) is 1. The van der Waals surface area contributed by atoms with Gasteiger partial charge in [0.05, 0.1) is 10.6 Å². The van der Waals surface area contributed by atoms with E-state index in [0.717, 1.165) is 11.1 Å². The predicted octanol–water partition coefficient (Wildman–Crippen LogP) is 1.39. The minimum Gasteiger partial charge on any atom is -0.271 e. The Hall–Kier alpha value is -2.55. The van der Waals surface area contributed by atoms with E-state index in [4.69, 9.17) is 0 Å². The van der Waals surface area contributed by atoms with Crippen LogP contribution in [0.2, 0.25) is 0 Å². The SMILES string of the molecule is CC(=NNC(=O)Cn1cc([N+](=O)[O-])cn1)c1cccs1. The summed E-state index contributed by atoms with van der Waals surface area (Å²) in [5, 5.41) is 20.1. The average Bonchev–Trinajstić information content (AvgIpc) is 3.06. The summed E-state index contributed by atoms with van der Waals surface area (Å²) >= 11 is 1.52. The molecule has 1 amide bonds. The third kappa shape index (κ3) is 3.48. The Bertz CT molecular complexity index is 647. The van der Waals surface area contributed by atoms with Crippen LogP contribution in [0, 0.1) is 10.1 Å². The van der Waals surface area contributed by atoms with Crippen LogP contribution in [0.4, 0.5) is 5.69 Å². The van der Waals surface area contributed by atoms with Crippen LogP contribution < -0.4 is 5.43 Å². The van der Waals surface area contributed by atoms with E-state index >= 15 is 0 Å². The number of nitrogens with one attached hydrogen (secondary N) is 1. The zero-order valence-corrected chi connectivity index (χ0v) is 11.3. The molecule has 0 bridgehead atoms. The fraction of sp³-hybridized carbons (Fsp3) is 0.182. The highest BCUT2D eigenvalue weighted by molar-refractivity contribution is 7.12. The summed E-state index contributed by atoms with van der Waals surface area (Å²) < 4.78 is 1.18. The lowest BCUT2D eigenvalue weighted by molar-refractivity contribution is -0.385. The van der Waals surface area contributed by atoms with Crippen molar-refractivity contribution >= 4 is 28.6 Å². The number of aromatic nitrogens is 2. The van der Waals surface area contributed by atoms with Gasteiger partial charge >= 0.3 is 5.69 Å². The Morgan fingerprint density at radius 1 is 1.65 bits per heavy atom. The van der Waals surface area contributed by atoms with Crippen molar-refractivity contribution in [3.05, 3.63) is 44.9 Å². The summed E-state index contributed by atoms with van der Waals surface area (Å²) in [6.45, 7) is 1.65. The number of amides is 1. The van der Waals surface area contributed by atoms with E-state index in [1.807, 2.05) is 17.5 Å². The van der Waals surface area contributed by atoms with Gasteiger partial charge in [0.25, 0.3) is 5.91 Å². The van der Waals surface area contributed by atoms with Crippen LogP contribution in [0.25, 0.3) is 0 Å². The van der Waals surface area contributed by atoms with Gasteiger partial charge in [-0.1, -0.05) is 6.07 Å². The molecule has 8 nitrogen and oxygen atoms in total. The predicted molar refractivity (Wildman–Crippen MR) is 73.6 cm³/mol. The Morgan fingerprint density at radius 2 is 2.45 bits per heavy atom. The Labute approximate surface area is 117 Å². The zero-order valence-electron chi connectivity index (χ0n) is 10.5. The van der Waals surface area contributed by atoms with Crippen LogP contribution in [-0.2, 0) is 11.3 Å². The van der Waals surface area contributed by atoms with Crippen LogP contribution in [-0.4, -0.2) is 26.3 Å². The number of thiophene rings is 1. The van der Waals surface area contributed by atoms with E-state index < -0.39 is 10.8 Å². The van der Waals surface area contributed by atoms with E-state index in [1.165, 1.54) is 22.2 Å². The van der Waals surface area contributed by atoms with Gasteiger partial charge in [-0.25, -0.2) is 5.43 Å². The second-order valence-electron chi connectivity index (χ2n) is 3.86. The van der Waals surface area contributed by atoms with Crippen molar-refractivity contribution in [2.75, 3.05) is 0 Å². The minimum atomic E-state index is -0.569. The van der Waals surface area contributed by atoms with Crippen molar-refractivity contribution in [1.29, 1.82) is 0 Å². The van der Waals surface area contributed by atoms with Crippen molar-refractivity contribution in [3.8, 4) is 0 Å². The number of carbonyl (C=O) groups is 1. The maximum absolute atomic E-state index is 11.6. The van der Waals surface area contributed by atoms with Crippen LogP contribution in [0.5, 0.6) is 0 Å². The van der Waals surface area contributed by atoms with Gasteiger partial charge in [0, 0.05) is 4.88 Å². The summed E-state index contributed by atoms with van der Waals surface area (Å²) in [4.78, 5) is 22.5. The molecule has 0 aliphatic carbocycles. The number of carbonyl (C=O) groups excluding carboxylic acids is 1. The Morgan fingerprint density at radius 3 is 3.05 bits per heavy atom. The van der Waals surface area contributed by atoms with Gasteiger partial charge in [-0.2, -0.15) is 10.2 Å². The van der Waals surface area contributed by atoms with Gasteiger partial charge in [0.1, 0.15) is 18.9 Å². The average molecular weight is 293 g/mol. The third-order valence-corrected chi connectivity index (χ3v) is 3.34. The normalized spacial score (nSPS) is 11.3. The minimum absolute atomic E-state index is 0.130. The molecule has 0 radical (unpaired) electrons. The molecule has 2 rings (SSSR count). The molecule has 0 aromatic carbocycles. The fourth-order valence-corrected chi connectivity index (χ4v) is 2.08. The standard InChI is InChI=1S/C11H11N5O3S/c1-8(10-3-2-4-20-10)13-14-11(17)7-15-6-9(5-12-15)16(18)19/h2-6H,7H2,1H3,(H,14,17). The smallest absolute Gasteiger partial charge is 0.271 e. The summed E-state index contributed by atoms with van der Waals surface area (Å²) in [5.74, 6) is -0.404. The largest absolute Gasteiger partial charge is 0.307 e. The topological polar surface area (TPSA) is 102 Å². The molecule has 0 spiro atoms. The van der Waals surface area contributed by atoms with Gasteiger partial charge < -0.3 is 0 Å². The van der Waals surface area contributed by atoms with Crippen LogP contribution in [0.15, 0.2) is 35.0 Å². The number of hydrazone groups is 1. The molecule has 1 N–H and O–H groups in total. The lowest BCUT2D eigenvalue weighted by Gasteiger charge is -2.01. The Kier molecular flexibility index (Phi) is 4.20. The van der Waals surface area contributed by atoms with Crippen molar-refractivity contribution in [1.82, 2.24) is 15.2 Å². The molecule has 20 heavy (non-hydrogen) atoms. The summed E-state index contributed by atoms with van der Waals surface area (Å²) in [6.07, 6.45) is 2.28. The molecular weight excluding hydrogens is 282 g/mol. The van der Waals surface area contributed by atoms with Crippen LogP contribution in [0.1, 0.15) is 11.8 Å². The molecule has 0 fully saturated rings. The molecule has 2 heterocycles. The maximum atomic E-state index is 11.6. The second kappa shape index (κ2) is 6.06. The van der Waals surface area contributed by atoms with Crippen LogP contribution in [0.3, 0.4) is 0 Å². The lowest BCUT2D eigenvalue weighted by Crippen LogP contribution is -2.24. The number of nitrogens with zero attached hydrogens (tertiary/aromatic N) is 4. The number of rotatable bonds is 5. The van der Waals surface area contributed by atoms with Crippen molar-refractivity contribution in [2.24, 2.45) is 5.10 Å². The highest BCUT2D eigenvalue weighted by Crippen LogP contribution is 2.09. The molecule has 2 aromatic heterocycles. The van der Waals surface area contributed by atoms with E-state index in [1.54, 1.807) is 6.92 Å². The third-order valence-electron chi connectivity index (χ3n) is 2.36. The first-order valence-corrected chi connectivity index (χ1v) is 6.48. The maximum Gasteiger partial charge on any atom is 0.307 e. The molecule has 104 valence electrons. The summed E-state index contributed by atoms with van der Waals surface area (Å²) in [7, 11) is 0. The molecule has 0 aliphatic rings. The van der Waals surface area contributed by atoms with E-state index in [2.05, 4.69) is 15.6 Å². The van der Waals surface area contributed by atoms with Crippen molar-refractivity contribution in [2.45, 2.75) is 13.5 Å². The highest BCUT2D eigenvalue weighted by atomic mass is 32.1. The monoisotopic (exact) mass is 293 g/mol. The van der Waals surface area contributed by atoms with Gasteiger partial charge in [-0.15, -0.1) is 11.3 Å². The molecule has 0 saturated carbocycles. The number of hydrogen-bond acceptors (Lipinski definition) is 6. The van der Waals surface area contributed by atoms with Crippen molar-refractivity contribution in [3.63, 3.8) is 0 Å². The van der Waals surface area contributed by atoms with Crippen molar-refractivity contribution < 1.29 is 9.72 Å². The zero-order chi connectivity index (χ0) is 14.5. The molecule has 0 aliphatic heterocycles. The van der Waals surface area contributed by atoms with Gasteiger partial charge in [0.15, 0.2) is 0 Å². The first-order chi connectivity index (χ1) is 9.56. The first-order valence-electron chi connectivity index (χ1n) is 5.60. The number of nitro groups is 1. The Balaban J connectivity index is 1.92. The molecule has 0 unspecified atom stereocenters. The van der Waals surface area contributed by atoms with E-state index in [9.17, 15) is 14.9 Å². The van der Waals surface area contributed by atoms with E-state index in [0.29, 0.717) is 5.71 Å².